The summed E-state index contributed by atoms with van der Waals surface area (Å²) in [5, 5.41) is 0. The topological polar surface area (TPSA) is 86.7 Å². The fourth-order valence-corrected chi connectivity index (χ4v) is 4.30. The minimum atomic E-state index is -0.954. The van der Waals surface area contributed by atoms with Gasteiger partial charge in [0.15, 0.2) is 10.7 Å². The van der Waals surface area contributed by atoms with Crippen molar-refractivity contribution in [2.75, 3.05) is 0 Å². The Morgan fingerprint density at radius 2 is 1.93 bits per heavy atom. The monoisotopic (exact) mass is 421 g/mol. The van der Waals surface area contributed by atoms with Crippen molar-refractivity contribution in [1.82, 2.24) is 9.38 Å². The molecule has 2 aromatic carbocycles. The number of hydrogen-bond acceptors (Lipinski definition) is 6. The molecular formula is C23H23N3O3S. The van der Waals surface area contributed by atoms with Crippen LogP contribution in [0.1, 0.15) is 37.6 Å². The van der Waals surface area contributed by atoms with Crippen molar-refractivity contribution in [3.63, 3.8) is 0 Å². The Labute approximate surface area is 178 Å². The largest absolute Gasteiger partial charge is 0.460 e. The Bertz CT molecular complexity index is 1250. The first kappa shape index (κ1) is 20.3. The number of benzene rings is 2. The average Bonchev–Trinajstić information content (AvgIpc) is 3.24. The Kier molecular flexibility index (Phi) is 5.17. The molecule has 154 valence electrons. The van der Waals surface area contributed by atoms with E-state index in [2.05, 4.69) is 16.5 Å². The van der Waals surface area contributed by atoms with E-state index in [1.54, 1.807) is 50.3 Å². The van der Waals surface area contributed by atoms with Gasteiger partial charge in [0.25, 0.3) is 0 Å². The molecule has 0 bridgehead atoms. The highest BCUT2D eigenvalue weighted by Crippen LogP contribution is 2.29. The molecule has 7 heteroatoms. The molecule has 1 unspecified atom stereocenters. The Morgan fingerprint density at radius 1 is 1.17 bits per heavy atom. The zero-order valence-electron chi connectivity index (χ0n) is 17.1. The summed E-state index contributed by atoms with van der Waals surface area (Å²) in [7, 11) is 0. The van der Waals surface area contributed by atoms with Crippen LogP contribution >= 0.6 is 11.3 Å². The van der Waals surface area contributed by atoms with Gasteiger partial charge in [-0.05, 0) is 39.0 Å². The molecule has 2 heterocycles. The van der Waals surface area contributed by atoms with Gasteiger partial charge in [0.2, 0.25) is 0 Å². The van der Waals surface area contributed by atoms with Gasteiger partial charge in [-0.3, -0.25) is 14.0 Å². The number of hydrogen-bond donors (Lipinski definition) is 1. The minimum Gasteiger partial charge on any atom is -0.460 e. The van der Waals surface area contributed by atoms with Crippen LogP contribution in [-0.4, -0.2) is 32.8 Å². The summed E-state index contributed by atoms with van der Waals surface area (Å²) in [6.07, 6.45) is 1.81. The number of nitrogens with two attached hydrogens (primary N) is 1. The SMILES string of the molecule is CC(C)(C)OC(=O)CC(N)C(=O)c1cccc(-c2cn3c(n2)sc2ccccc23)c1. The molecule has 0 aliphatic rings. The second-order valence-electron chi connectivity index (χ2n) is 8.19. The van der Waals surface area contributed by atoms with Crippen molar-refractivity contribution >= 4 is 38.3 Å². The number of carbonyl (C=O) groups excluding carboxylic acids is 2. The van der Waals surface area contributed by atoms with Crippen molar-refractivity contribution < 1.29 is 14.3 Å². The summed E-state index contributed by atoms with van der Waals surface area (Å²) in [5.74, 6) is -0.782. The average molecular weight is 422 g/mol. The molecule has 0 fully saturated rings. The van der Waals surface area contributed by atoms with E-state index in [4.69, 9.17) is 15.5 Å². The number of imidazole rings is 1. The van der Waals surface area contributed by atoms with Crippen LogP contribution in [0.5, 0.6) is 0 Å². The second kappa shape index (κ2) is 7.66. The normalized spacial score (nSPS) is 12.9. The number of nitrogens with zero attached hydrogens (tertiary/aromatic N) is 2. The fraction of sp³-hybridized carbons (Fsp3) is 0.261. The van der Waals surface area contributed by atoms with Gasteiger partial charge in [-0.15, -0.1) is 0 Å². The van der Waals surface area contributed by atoms with Crippen LogP contribution < -0.4 is 5.73 Å². The third kappa shape index (κ3) is 4.13. The number of Topliss-reactive ketones (excluding diaryl/α,β-unsaturated/α-hetero) is 1. The number of para-hydroxylation sites is 1. The van der Waals surface area contributed by atoms with Crippen molar-refractivity contribution in [2.45, 2.75) is 38.8 Å². The Hall–Kier alpha value is -3.03. The second-order valence-corrected chi connectivity index (χ2v) is 9.20. The van der Waals surface area contributed by atoms with Crippen LogP contribution in [-0.2, 0) is 9.53 Å². The summed E-state index contributed by atoms with van der Waals surface area (Å²) in [6, 6.07) is 14.4. The van der Waals surface area contributed by atoms with Crippen LogP contribution in [0.15, 0.2) is 54.7 Å². The number of aromatic nitrogens is 2. The van der Waals surface area contributed by atoms with Gasteiger partial charge in [0.05, 0.1) is 28.4 Å². The standard InChI is InChI=1S/C23H23N3O3S/c1-23(2,3)29-20(27)12-16(24)21(28)15-8-6-7-14(11-15)17-13-26-18-9-4-5-10-19(18)30-22(26)25-17/h4-11,13,16H,12,24H2,1-3H3. The van der Waals surface area contributed by atoms with Gasteiger partial charge in [-0.25, -0.2) is 4.98 Å². The number of carbonyl (C=O) groups is 2. The number of ketones is 1. The molecule has 4 rings (SSSR count). The molecule has 6 nitrogen and oxygen atoms in total. The van der Waals surface area contributed by atoms with Gasteiger partial charge in [-0.2, -0.15) is 0 Å². The molecule has 2 aromatic heterocycles. The molecule has 1 atom stereocenters. The van der Waals surface area contributed by atoms with Crippen molar-refractivity contribution in [3.8, 4) is 11.3 Å². The lowest BCUT2D eigenvalue weighted by molar-refractivity contribution is -0.154. The highest BCUT2D eigenvalue weighted by Gasteiger charge is 2.24. The van der Waals surface area contributed by atoms with Crippen LogP contribution in [0.25, 0.3) is 26.4 Å². The van der Waals surface area contributed by atoms with E-state index in [1.165, 1.54) is 4.70 Å². The molecular weight excluding hydrogens is 398 g/mol. The number of ether oxygens (including phenoxy) is 1. The van der Waals surface area contributed by atoms with Crippen molar-refractivity contribution in [3.05, 3.63) is 60.3 Å². The van der Waals surface area contributed by atoms with Gasteiger partial charge in [0.1, 0.15) is 5.60 Å². The Balaban J connectivity index is 1.57. The van der Waals surface area contributed by atoms with Crippen LogP contribution in [0, 0.1) is 0 Å². The van der Waals surface area contributed by atoms with E-state index in [-0.39, 0.29) is 12.2 Å². The van der Waals surface area contributed by atoms with Crippen LogP contribution in [0.2, 0.25) is 0 Å². The van der Waals surface area contributed by atoms with Crippen LogP contribution in [0.4, 0.5) is 0 Å². The van der Waals surface area contributed by atoms with Crippen LogP contribution in [0.3, 0.4) is 0 Å². The summed E-state index contributed by atoms with van der Waals surface area (Å²) < 4.78 is 8.49. The highest BCUT2D eigenvalue weighted by atomic mass is 32.1. The number of esters is 1. The number of thiazole rings is 1. The first-order valence-electron chi connectivity index (χ1n) is 9.70. The molecule has 2 N–H and O–H groups in total. The van der Waals surface area contributed by atoms with Crippen molar-refractivity contribution in [2.24, 2.45) is 5.73 Å². The lowest BCUT2D eigenvalue weighted by Gasteiger charge is -2.20. The molecule has 0 radical (unpaired) electrons. The molecule has 4 aromatic rings. The zero-order chi connectivity index (χ0) is 21.5. The number of rotatable bonds is 5. The fourth-order valence-electron chi connectivity index (χ4n) is 3.29. The van der Waals surface area contributed by atoms with Gasteiger partial charge >= 0.3 is 5.97 Å². The highest BCUT2D eigenvalue weighted by molar-refractivity contribution is 7.23. The van der Waals surface area contributed by atoms with Gasteiger partial charge in [0, 0.05) is 17.3 Å². The summed E-state index contributed by atoms with van der Waals surface area (Å²) in [5.41, 5.74) is 8.54. The van der Waals surface area contributed by atoms with E-state index < -0.39 is 17.6 Å². The predicted octanol–water partition coefficient (Wildman–Crippen LogP) is 4.46. The maximum atomic E-state index is 12.8. The quantitative estimate of drug-likeness (QED) is 0.380. The molecule has 0 aliphatic carbocycles. The van der Waals surface area contributed by atoms with E-state index >= 15 is 0 Å². The zero-order valence-corrected chi connectivity index (χ0v) is 17.9. The summed E-state index contributed by atoms with van der Waals surface area (Å²) >= 11 is 1.62. The third-order valence-electron chi connectivity index (χ3n) is 4.59. The first-order valence-corrected chi connectivity index (χ1v) is 10.5. The third-order valence-corrected chi connectivity index (χ3v) is 5.62. The predicted molar refractivity (Wildman–Crippen MR) is 119 cm³/mol. The molecule has 0 aliphatic heterocycles. The smallest absolute Gasteiger partial charge is 0.308 e. The molecule has 0 amide bonds. The summed E-state index contributed by atoms with van der Waals surface area (Å²) in [6.45, 7) is 5.34. The lowest BCUT2D eigenvalue weighted by atomic mass is 9.99. The molecule has 0 saturated heterocycles. The van der Waals surface area contributed by atoms with E-state index in [1.807, 2.05) is 24.4 Å². The molecule has 0 saturated carbocycles. The van der Waals surface area contributed by atoms with Crippen molar-refractivity contribution in [1.29, 1.82) is 0 Å². The molecule has 30 heavy (non-hydrogen) atoms. The van der Waals surface area contributed by atoms with E-state index in [0.717, 1.165) is 21.7 Å². The summed E-state index contributed by atoms with van der Waals surface area (Å²) in [4.78, 5) is 30.4. The number of fused-ring (bicyclic) bond motifs is 3. The minimum absolute atomic E-state index is 0.160. The molecule has 0 spiro atoms. The Morgan fingerprint density at radius 3 is 2.70 bits per heavy atom. The van der Waals surface area contributed by atoms with E-state index in [9.17, 15) is 9.59 Å². The maximum absolute atomic E-state index is 12.8. The van der Waals surface area contributed by atoms with E-state index in [0.29, 0.717) is 5.56 Å². The first-order chi connectivity index (χ1) is 14.2. The van der Waals surface area contributed by atoms with Gasteiger partial charge in [-0.1, -0.05) is 41.7 Å². The maximum Gasteiger partial charge on any atom is 0.308 e. The lowest BCUT2D eigenvalue weighted by Crippen LogP contribution is -2.35. The van der Waals surface area contributed by atoms with Gasteiger partial charge < -0.3 is 10.5 Å².